The molecule has 0 amide bonds. The number of unbranched alkanes of at least 4 members (excludes halogenated alkanes) is 1. The van der Waals surface area contributed by atoms with Gasteiger partial charge >= 0.3 is 0 Å². The van der Waals surface area contributed by atoms with Gasteiger partial charge in [0.2, 0.25) is 0 Å². The SMILES string of the molecule is CCCCN(c1ccccc1)c1ccc(CO)cc1C#N. The molecule has 0 fully saturated rings. The highest BCUT2D eigenvalue weighted by Gasteiger charge is 2.13. The van der Waals surface area contributed by atoms with Crippen molar-refractivity contribution in [3.8, 4) is 6.07 Å². The Kier molecular flexibility index (Phi) is 5.36. The molecule has 0 aliphatic rings. The lowest BCUT2D eigenvalue weighted by atomic mass is 10.1. The zero-order valence-corrected chi connectivity index (χ0v) is 12.3. The number of rotatable bonds is 6. The van der Waals surface area contributed by atoms with Gasteiger partial charge in [-0.15, -0.1) is 0 Å². The molecule has 2 aromatic carbocycles. The first-order valence-corrected chi connectivity index (χ1v) is 7.26. The monoisotopic (exact) mass is 280 g/mol. The van der Waals surface area contributed by atoms with Crippen LogP contribution in [0.1, 0.15) is 30.9 Å². The lowest BCUT2D eigenvalue weighted by molar-refractivity contribution is 0.282. The van der Waals surface area contributed by atoms with Crippen molar-refractivity contribution in [1.29, 1.82) is 5.26 Å². The Labute approximate surface area is 126 Å². The zero-order valence-electron chi connectivity index (χ0n) is 12.3. The average molecular weight is 280 g/mol. The maximum atomic E-state index is 9.40. The molecule has 0 spiro atoms. The quantitative estimate of drug-likeness (QED) is 0.870. The molecule has 0 aromatic heterocycles. The van der Waals surface area contributed by atoms with E-state index in [-0.39, 0.29) is 6.61 Å². The van der Waals surface area contributed by atoms with Crippen molar-refractivity contribution in [2.45, 2.75) is 26.4 Å². The fourth-order valence-electron chi connectivity index (χ4n) is 2.32. The van der Waals surface area contributed by atoms with Crippen molar-refractivity contribution < 1.29 is 5.11 Å². The first-order chi connectivity index (χ1) is 10.3. The molecular weight excluding hydrogens is 260 g/mol. The van der Waals surface area contributed by atoms with Crippen LogP contribution in [0.15, 0.2) is 48.5 Å². The molecule has 0 radical (unpaired) electrons. The van der Waals surface area contributed by atoms with E-state index in [4.69, 9.17) is 0 Å². The largest absolute Gasteiger partial charge is 0.392 e. The van der Waals surface area contributed by atoms with Gasteiger partial charge in [0.1, 0.15) is 6.07 Å². The van der Waals surface area contributed by atoms with E-state index < -0.39 is 0 Å². The van der Waals surface area contributed by atoms with Gasteiger partial charge in [0.05, 0.1) is 17.9 Å². The van der Waals surface area contributed by atoms with Crippen LogP contribution in [0.2, 0.25) is 0 Å². The summed E-state index contributed by atoms with van der Waals surface area (Å²) < 4.78 is 0. The van der Waals surface area contributed by atoms with Crippen molar-refractivity contribution in [2.24, 2.45) is 0 Å². The number of nitriles is 1. The van der Waals surface area contributed by atoms with E-state index in [0.29, 0.717) is 5.56 Å². The zero-order chi connectivity index (χ0) is 15.1. The van der Waals surface area contributed by atoms with Crippen LogP contribution >= 0.6 is 0 Å². The standard InChI is InChI=1S/C18H20N2O/c1-2-3-11-20(17-7-5-4-6-8-17)18-10-9-15(14-21)12-16(18)13-19/h4-10,12,21H,2-3,11,14H2,1H3. The Balaban J connectivity index is 2.44. The van der Waals surface area contributed by atoms with Gasteiger partial charge in [-0.1, -0.05) is 37.6 Å². The summed E-state index contributed by atoms with van der Waals surface area (Å²) in [6.07, 6.45) is 2.15. The molecular formula is C18H20N2O. The summed E-state index contributed by atoms with van der Waals surface area (Å²) in [5.41, 5.74) is 3.34. The van der Waals surface area contributed by atoms with E-state index >= 15 is 0 Å². The summed E-state index contributed by atoms with van der Waals surface area (Å²) in [7, 11) is 0. The lowest BCUT2D eigenvalue weighted by Crippen LogP contribution is -2.19. The second-order valence-corrected chi connectivity index (χ2v) is 4.96. The van der Waals surface area contributed by atoms with Gasteiger partial charge in [0.25, 0.3) is 0 Å². The second-order valence-electron chi connectivity index (χ2n) is 4.96. The Morgan fingerprint density at radius 1 is 1.14 bits per heavy atom. The summed E-state index contributed by atoms with van der Waals surface area (Å²) in [5, 5.41) is 18.6. The molecule has 2 rings (SSSR count). The molecule has 0 saturated carbocycles. The van der Waals surface area contributed by atoms with Gasteiger partial charge in [0.15, 0.2) is 0 Å². The van der Waals surface area contributed by atoms with Gasteiger partial charge in [-0.3, -0.25) is 0 Å². The maximum absolute atomic E-state index is 9.40. The molecule has 0 heterocycles. The van der Waals surface area contributed by atoms with E-state index in [9.17, 15) is 10.4 Å². The van der Waals surface area contributed by atoms with Crippen LogP contribution < -0.4 is 4.90 Å². The van der Waals surface area contributed by atoms with Gasteiger partial charge in [-0.05, 0) is 36.2 Å². The number of hydrogen-bond acceptors (Lipinski definition) is 3. The number of para-hydroxylation sites is 1. The van der Waals surface area contributed by atoms with Crippen LogP contribution in [0.25, 0.3) is 0 Å². The molecule has 108 valence electrons. The van der Waals surface area contributed by atoms with Crippen LogP contribution in [0.5, 0.6) is 0 Å². The normalized spacial score (nSPS) is 10.1. The van der Waals surface area contributed by atoms with Crippen molar-refractivity contribution in [3.05, 3.63) is 59.7 Å². The van der Waals surface area contributed by atoms with Crippen LogP contribution in [0, 0.1) is 11.3 Å². The average Bonchev–Trinajstić information content (AvgIpc) is 2.56. The molecule has 0 saturated heterocycles. The van der Waals surface area contributed by atoms with Gasteiger partial charge in [-0.25, -0.2) is 0 Å². The number of hydrogen-bond donors (Lipinski definition) is 1. The first kappa shape index (κ1) is 15.1. The van der Waals surface area contributed by atoms with Crippen molar-refractivity contribution >= 4 is 11.4 Å². The second kappa shape index (κ2) is 7.47. The molecule has 2 aromatic rings. The summed E-state index contributed by atoms with van der Waals surface area (Å²) >= 11 is 0. The van der Waals surface area contributed by atoms with Gasteiger partial charge in [0, 0.05) is 12.2 Å². The minimum Gasteiger partial charge on any atom is -0.392 e. The van der Waals surface area contributed by atoms with E-state index in [1.165, 1.54) is 0 Å². The third-order valence-electron chi connectivity index (χ3n) is 3.46. The summed E-state index contributed by atoms with van der Waals surface area (Å²) in [6, 6.07) is 17.9. The molecule has 0 aliphatic heterocycles. The van der Waals surface area contributed by atoms with E-state index in [1.807, 2.05) is 30.3 Å². The Morgan fingerprint density at radius 2 is 1.90 bits per heavy atom. The van der Waals surface area contributed by atoms with Crippen LogP contribution in [0.3, 0.4) is 0 Å². The predicted molar refractivity (Wildman–Crippen MR) is 85.4 cm³/mol. The first-order valence-electron chi connectivity index (χ1n) is 7.26. The number of benzene rings is 2. The molecule has 3 nitrogen and oxygen atoms in total. The Hall–Kier alpha value is -2.31. The minimum absolute atomic E-state index is 0.0464. The number of aliphatic hydroxyl groups excluding tert-OH is 1. The maximum Gasteiger partial charge on any atom is 0.101 e. The van der Waals surface area contributed by atoms with E-state index in [2.05, 4.69) is 30.0 Å². The molecule has 3 heteroatoms. The Morgan fingerprint density at radius 3 is 2.52 bits per heavy atom. The molecule has 0 unspecified atom stereocenters. The highest BCUT2D eigenvalue weighted by atomic mass is 16.3. The van der Waals surface area contributed by atoms with E-state index in [0.717, 1.165) is 36.3 Å². The number of aliphatic hydroxyl groups is 1. The fourth-order valence-corrected chi connectivity index (χ4v) is 2.32. The highest BCUT2D eigenvalue weighted by molar-refractivity contribution is 5.69. The predicted octanol–water partition coefficient (Wildman–Crippen LogP) is 3.99. The van der Waals surface area contributed by atoms with Crippen molar-refractivity contribution in [3.63, 3.8) is 0 Å². The van der Waals surface area contributed by atoms with Crippen molar-refractivity contribution in [1.82, 2.24) is 0 Å². The smallest absolute Gasteiger partial charge is 0.101 e. The van der Waals surface area contributed by atoms with Crippen LogP contribution in [-0.2, 0) is 6.61 Å². The van der Waals surface area contributed by atoms with Gasteiger partial charge < -0.3 is 10.0 Å². The molecule has 0 aliphatic carbocycles. The lowest BCUT2D eigenvalue weighted by Gasteiger charge is -2.26. The molecule has 0 atom stereocenters. The molecule has 1 N–H and O–H groups in total. The number of anilines is 2. The third kappa shape index (κ3) is 3.62. The minimum atomic E-state index is -0.0464. The van der Waals surface area contributed by atoms with Gasteiger partial charge in [-0.2, -0.15) is 5.26 Å². The molecule has 21 heavy (non-hydrogen) atoms. The fraction of sp³-hybridized carbons (Fsp3) is 0.278. The van der Waals surface area contributed by atoms with Crippen molar-refractivity contribution in [2.75, 3.05) is 11.4 Å². The van der Waals surface area contributed by atoms with E-state index in [1.54, 1.807) is 6.07 Å². The van der Waals surface area contributed by atoms with Crippen LogP contribution in [0.4, 0.5) is 11.4 Å². The molecule has 0 bridgehead atoms. The summed E-state index contributed by atoms with van der Waals surface area (Å²) in [5.74, 6) is 0. The topological polar surface area (TPSA) is 47.3 Å². The highest BCUT2D eigenvalue weighted by Crippen LogP contribution is 2.29. The number of nitrogens with zero attached hydrogens (tertiary/aromatic N) is 2. The summed E-state index contributed by atoms with van der Waals surface area (Å²) in [4.78, 5) is 2.17. The van der Waals surface area contributed by atoms with Crippen LogP contribution in [-0.4, -0.2) is 11.7 Å². The summed E-state index contributed by atoms with van der Waals surface area (Å²) in [6.45, 7) is 2.98. The Bertz CT molecular complexity index is 617. The third-order valence-corrected chi connectivity index (χ3v) is 3.46.